The largest absolute Gasteiger partial charge is 0.479 e. The zero-order valence-corrected chi connectivity index (χ0v) is 13.4. The molecular weight excluding hydrogens is 336 g/mol. The van der Waals surface area contributed by atoms with E-state index < -0.39 is 11.6 Å². The van der Waals surface area contributed by atoms with E-state index in [0.717, 1.165) is 0 Å². The van der Waals surface area contributed by atoms with Crippen LogP contribution in [0, 0.1) is 0 Å². The van der Waals surface area contributed by atoms with Crippen LogP contribution in [0.5, 0.6) is 0 Å². The second-order valence-electron chi connectivity index (χ2n) is 5.69. The fraction of sp³-hybridized carbons (Fsp3) is 0.312. The summed E-state index contributed by atoms with van der Waals surface area (Å²) in [6.07, 6.45) is -0.0490. The number of aromatic nitrogens is 1. The van der Waals surface area contributed by atoms with Crippen molar-refractivity contribution < 1.29 is 24.3 Å². The number of piperidine rings is 1. The first-order valence-electron chi connectivity index (χ1n) is 7.37. The first-order valence-corrected chi connectivity index (χ1v) is 7.75. The molecule has 0 bridgehead atoms. The van der Waals surface area contributed by atoms with E-state index in [4.69, 9.17) is 21.2 Å². The van der Waals surface area contributed by atoms with Gasteiger partial charge in [-0.2, -0.15) is 0 Å². The Morgan fingerprint density at radius 1 is 1.25 bits per heavy atom. The monoisotopic (exact) mass is 350 g/mol. The van der Waals surface area contributed by atoms with E-state index in [-0.39, 0.29) is 37.5 Å². The third-order valence-corrected chi connectivity index (χ3v) is 4.47. The number of carbonyl (C=O) groups is 2. The van der Waals surface area contributed by atoms with Gasteiger partial charge in [-0.3, -0.25) is 4.79 Å². The van der Waals surface area contributed by atoms with Gasteiger partial charge >= 0.3 is 5.97 Å². The molecule has 2 heterocycles. The predicted octanol–water partition coefficient (Wildman–Crippen LogP) is 2.05. The smallest absolute Gasteiger partial charge is 0.335 e. The molecule has 0 spiro atoms. The summed E-state index contributed by atoms with van der Waals surface area (Å²) in [5.41, 5.74) is -1.03. The predicted molar refractivity (Wildman–Crippen MR) is 84.7 cm³/mol. The lowest BCUT2D eigenvalue weighted by atomic mass is 9.91. The van der Waals surface area contributed by atoms with Crippen LogP contribution in [0.1, 0.15) is 23.3 Å². The zero-order valence-electron chi connectivity index (χ0n) is 12.6. The maximum Gasteiger partial charge on any atom is 0.335 e. The molecule has 1 aliphatic rings. The maximum atomic E-state index is 12.5. The summed E-state index contributed by atoms with van der Waals surface area (Å²) in [7, 11) is 0. The van der Waals surface area contributed by atoms with Crippen molar-refractivity contribution in [1.29, 1.82) is 0 Å². The summed E-state index contributed by atoms with van der Waals surface area (Å²) in [5, 5.41) is 23.2. The van der Waals surface area contributed by atoms with Crippen molar-refractivity contribution >= 4 is 23.5 Å². The Morgan fingerprint density at radius 2 is 1.92 bits per heavy atom. The van der Waals surface area contributed by atoms with Gasteiger partial charge in [0.2, 0.25) is 0 Å². The average Bonchev–Trinajstić information content (AvgIpc) is 3.05. The molecule has 8 heteroatoms. The van der Waals surface area contributed by atoms with Crippen LogP contribution in [0.15, 0.2) is 34.9 Å². The molecule has 0 saturated carbocycles. The van der Waals surface area contributed by atoms with Crippen LogP contribution in [0.3, 0.4) is 0 Å². The molecule has 0 radical (unpaired) electrons. The number of carboxylic acids is 1. The van der Waals surface area contributed by atoms with Gasteiger partial charge in [0.05, 0.1) is 5.02 Å². The molecule has 1 fully saturated rings. The summed E-state index contributed by atoms with van der Waals surface area (Å²) in [4.78, 5) is 24.9. The molecule has 0 atom stereocenters. The van der Waals surface area contributed by atoms with Crippen LogP contribution >= 0.6 is 11.6 Å². The van der Waals surface area contributed by atoms with Gasteiger partial charge in [0, 0.05) is 37.6 Å². The molecule has 2 N–H and O–H groups in total. The van der Waals surface area contributed by atoms with Crippen LogP contribution in [0.4, 0.5) is 0 Å². The van der Waals surface area contributed by atoms with Crippen molar-refractivity contribution in [3.05, 3.63) is 41.0 Å². The number of halogens is 1. The molecule has 1 saturated heterocycles. The van der Waals surface area contributed by atoms with Crippen LogP contribution < -0.4 is 0 Å². The van der Waals surface area contributed by atoms with E-state index in [1.807, 2.05) is 0 Å². The molecule has 2 aromatic rings. The molecule has 0 unspecified atom stereocenters. The Morgan fingerprint density at radius 3 is 2.54 bits per heavy atom. The normalized spacial score (nSPS) is 16.8. The standard InChI is InChI=1S/C16H15ClN2O5/c17-11-4-2-1-3-10(11)13-9-12(18-24-13)14(20)19-7-5-16(23,6-8-19)15(21)22/h1-4,9,23H,5-8H2,(H,21,22). The van der Waals surface area contributed by atoms with Crippen molar-refractivity contribution in [1.82, 2.24) is 10.1 Å². The molecular formula is C16H15ClN2O5. The number of aliphatic hydroxyl groups is 1. The van der Waals surface area contributed by atoms with Crippen molar-refractivity contribution in [3.63, 3.8) is 0 Å². The number of carboxylic acid groups (broad SMARTS) is 1. The highest BCUT2D eigenvalue weighted by atomic mass is 35.5. The Labute approximate surface area is 142 Å². The minimum atomic E-state index is -1.77. The average molecular weight is 351 g/mol. The van der Waals surface area contributed by atoms with Gasteiger partial charge < -0.3 is 19.6 Å². The molecule has 126 valence electrons. The second-order valence-corrected chi connectivity index (χ2v) is 6.09. The van der Waals surface area contributed by atoms with E-state index in [1.54, 1.807) is 24.3 Å². The summed E-state index contributed by atoms with van der Waals surface area (Å²) in [6, 6.07) is 8.54. The van der Waals surface area contributed by atoms with E-state index in [1.165, 1.54) is 11.0 Å². The quantitative estimate of drug-likeness (QED) is 0.878. The van der Waals surface area contributed by atoms with Crippen molar-refractivity contribution in [2.75, 3.05) is 13.1 Å². The summed E-state index contributed by atoms with van der Waals surface area (Å²) < 4.78 is 5.20. The molecule has 1 aliphatic heterocycles. The molecule has 1 aromatic heterocycles. The van der Waals surface area contributed by atoms with Crippen molar-refractivity contribution in [3.8, 4) is 11.3 Å². The van der Waals surface area contributed by atoms with Gasteiger partial charge in [-0.05, 0) is 12.1 Å². The Kier molecular flexibility index (Phi) is 4.29. The third kappa shape index (κ3) is 3.00. The van der Waals surface area contributed by atoms with Gasteiger partial charge in [0.15, 0.2) is 17.1 Å². The molecule has 1 amide bonds. The number of rotatable bonds is 3. The minimum Gasteiger partial charge on any atom is -0.479 e. The van der Waals surface area contributed by atoms with Crippen LogP contribution in [-0.2, 0) is 4.79 Å². The fourth-order valence-corrected chi connectivity index (χ4v) is 2.85. The molecule has 3 rings (SSSR count). The number of benzene rings is 1. The minimum absolute atomic E-state index is 0.0245. The maximum absolute atomic E-state index is 12.5. The number of hydrogen-bond acceptors (Lipinski definition) is 5. The number of nitrogens with zero attached hydrogens (tertiary/aromatic N) is 2. The lowest BCUT2D eigenvalue weighted by Crippen LogP contribution is -2.50. The SMILES string of the molecule is O=C(c1cc(-c2ccccc2Cl)on1)N1CCC(O)(C(=O)O)CC1. The van der Waals surface area contributed by atoms with Crippen molar-refractivity contribution in [2.24, 2.45) is 0 Å². The number of aliphatic carboxylic acids is 1. The van der Waals surface area contributed by atoms with Gasteiger partial charge in [-0.15, -0.1) is 0 Å². The molecule has 24 heavy (non-hydrogen) atoms. The Hall–Kier alpha value is -2.38. The van der Waals surface area contributed by atoms with Crippen molar-refractivity contribution in [2.45, 2.75) is 18.4 Å². The number of likely N-dealkylation sites (tertiary alicyclic amines) is 1. The highest BCUT2D eigenvalue weighted by Crippen LogP contribution is 2.29. The van der Waals surface area contributed by atoms with E-state index >= 15 is 0 Å². The number of hydrogen-bond donors (Lipinski definition) is 2. The topological polar surface area (TPSA) is 104 Å². The van der Waals surface area contributed by atoms with Crippen LogP contribution in [0.2, 0.25) is 5.02 Å². The van der Waals surface area contributed by atoms with E-state index in [9.17, 15) is 14.7 Å². The van der Waals surface area contributed by atoms with E-state index in [2.05, 4.69) is 5.16 Å². The van der Waals surface area contributed by atoms with Gasteiger partial charge in [-0.1, -0.05) is 28.9 Å². The van der Waals surface area contributed by atoms with Gasteiger partial charge in [0.25, 0.3) is 5.91 Å². The van der Waals surface area contributed by atoms with Gasteiger partial charge in [0.1, 0.15) is 0 Å². The fourth-order valence-electron chi connectivity index (χ4n) is 2.62. The summed E-state index contributed by atoms with van der Waals surface area (Å²) in [5.74, 6) is -1.26. The number of carbonyl (C=O) groups excluding carboxylic acids is 1. The molecule has 7 nitrogen and oxygen atoms in total. The second kappa shape index (κ2) is 6.26. The Bertz CT molecular complexity index is 780. The van der Waals surface area contributed by atoms with E-state index in [0.29, 0.717) is 16.3 Å². The zero-order chi connectivity index (χ0) is 17.3. The first-order chi connectivity index (χ1) is 11.4. The molecule has 1 aromatic carbocycles. The highest BCUT2D eigenvalue weighted by molar-refractivity contribution is 6.33. The van der Waals surface area contributed by atoms with Crippen LogP contribution in [-0.4, -0.2) is 50.8 Å². The lowest BCUT2D eigenvalue weighted by molar-refractivity contribution is -0.162. The highest BCUT2D eigenvalue weighted by Gasteiger charge is 2.40. The Balaban J connectivity index is 1.74. The van der Waals surface area contributed by atoms with Gasteiger partial charge in [-0.25, -0.2) is 4.79 Å². The van der Waals surface area contributed by atoms with Crippen LogP contribution in [0.25, 0.3) is 11.3 Å². The number of amides is 1. The lowest BCUT2D eigenvalue weighted by Gasteiger charge is -2.34. The summed E-state index contributed by atoms with van der Waals surface area (Å²) >= 11 is 6.09. The first kappa shape index (κ1) is 16.5. The summed E-state index contributed by atoms with van der Waals surface area (Å²) in [6.45, 7) is 0.270. The third-order valence-electron chi connectivity index (χ3n) is 4.14. The molecule has 0 aliphatic carbocycles.